The van der Waals surface area contributed by atoms with E-state index in [1.165, 1.54) is 19.3 Å². The minimum absolute atomic E-state index is 0.0988. The summed E-state index contributed by atoms with van der Waals surface area (Å²) >= 11 is 0. The summed E-state index contributed by atoms with van der Waals surface area (Å²) in [5.74, 6) is 0.0988. The minimum Gasteiger partial charge on any atom is -0.389 e. The van der Waals surface area contributed by atoms with Gasteiger partial charge in [-0.2, -0.15) is 0 Å². The van der Waals surface area contributed by atoms with E-state index >= 15 is 0 Å². The molecule has 1 amide bonds. The lowest BCUT2D eigenvalue weighted by molar-refractivity contribution is -0.121. The van der Waals surface area contributed by atoms with Crippen molar-refractivity contribution >= 4 is 5.91 Å². The van der Waals surface area contributed by atoms with Crippen molar-refractivity contribution < 1.29 is 14.6 Å². The van der Waals surface area contributed by atoms with E-state index in [-0.39, 0.29) is 5.91 Å². The number of aliphatic hydroxyl groups is 1. The molecule has 1 saturated carbocycles. The number of unbranched alkanes of at least 4 members (excludes halogenated alkanes) is 3. The van der Waals surface area contributed by atoms with Crippen LogP contribution in [-0.4, -0.2) is 49.5 Å². The SMILES string of the molecule is CCCCCCOCC(O)CNCCC(=O)NC1CC1. The fourth-order valence-corrected chi connectivity index (χ4v) is 1.91. The van der Waals surface area contributed by atoms with Gasteiger partial charge in [0.05, 0.1) is 12.7 Å². The lowest BCUT2D eigenvalue weighted by atomic mass is 10.2. The minimum atomic E-state index is -0.493. The van der Waals surface area contributed by atoms with Gasteiger partial charge in [0.15, 0.2) is 0 Å². The highest BCUT2D eigenvalue weighted by Crippen LogP contribution is 2.18. The molecule has 1 rings (SSSR count). The first-order chi connectivity index (χ1) is 9.72. The first-order valence-corrected chi connectivity index (χ1v) is 7.98. The molecule has 0 aromatic carbocycles. The second kappa shape index (κ2) is 11.1. The summed E-state index contributed by atoms with van der Waals surface area (Å²) in [6.07, 6.45) is 6.95. The maximum atomic E-state index is 11.4. The van der Waals surface area contributed by atoms with E-state index in [0.717, 1.165) is 25.9 Å². The van der Waals surface area contributed by atoms with Crippen LogP contribution in [0.4, 0.5) is 0 Å². The van der Waals surface area contributed by atoms with Crippen LogP contribution in [0.5, 0.6) is 0 Å². The van der Waals surface area contributed by atoms with E-state index < -0.39 is 6.10 Å². The van der Waals surface area contributed by atoms with Crippen molar-refractivity contribution in [1.29, 1.82) is 0 Å². The van der Waals surface area contributed by atoms with Crippen molar-refractivity contribution in [2.75, 3.05) is 26.3 Å². The molecule has 0 saturated heterocycles. The summed E-state index contributed by atoms with van der Waals surface area (Å²) in [5.41, 5.74) is 0. The van der Waals surface area contributed by atoms with Gasteiger partial charge in [-0.1, -0.05) is 26.2 Å². The van der Waals surface area contributed by atoms with Gasteiger partial charge in [-0.3, -0.25) is 4.79 Å². The summed E-state index contributed by atoms with van der Waals surface area (Å²) in [6, 6.07) is 0.425. The molecule has 0 radical (unpaired) electrons. The lowest BCUT2D eigenvalue weighted by Gasteiger charge is -2.12. The van der Waals surface area contributed by atoms with Crippen LogP contribution in [0.3, 0.4) is 0 Å². The Morgan fingerprint density at radius 3 is 2.85 bits per heavy atom. The number of ether oxygens (including phenoxy) is 1. The molecule has 1 aliphatic rings. The third kappa shape index (κ3) is 10.2. The van der Waals surface area contributed by atoms with Crippen molar-refractivity contribution in [2.24, 2.45) is 0 Å². The maximum Gasteiger partial charge on any atom is 0.221 e. The molecule has 1 fully saturated rings. The Morgan fingerprint density at radius 2 is 2.15 bits per heavy atom. The third-order valence-corrected chi connectivity index (χ3v) is 3.30. The van der Waals surface area contributed by atoms with Gasteiger partial charge in [0.25, 0.3) is 0 Å². The molecule has 5 nitrogen and oxygen atoms in total. The van der Waals surface area contributed by atoms with Gasteiger partial charge in [0.1, 0.15) is 0 Å². The number of carbonyl (C=O) groups excluding carboxylic acids is 1. The van der Waals surface area contributed by atoms with Crippen LogP contribution in [-0.2, 0) is 9.53 Å². The number of amides is 1. The molecule has 0 aromatic rings. The Bertz CT molecular complexity index is 258. The summed E-state index contributed by atoms with van der Waals surface area (Å²) in [4.78, 5) is 11.4. The van der Waals surface area contributed by atoms with Crippen LogP contribution in [0.1, 0.15) is 51.9 Å². The van der Waals surface area contributed by atoms with Gasteiger partial charge < -0.3 is 20.5 Å². The molecule has 20 heavy (non-hydrogen) atoms. The van der Waals surface area contributed by atoms with E-state index in [1.54, 1.807) is 0 Å². The highest BCUT2D eigenvalue weighted by molar-refractivity contribution is 5.76. The second-order valence-electron chi connectivity index (χ2n) is 5.59. The third-order valence-electron chi connectivity index (χ3n) is 3.30. The average molecular weight is 286 g/mol. The fourth-order valence-electron chi connectivity index (χ4n) is 1.91. The Morgan fingerprint density at radius 1 is 1.35 bits per heavy atom. The van der Waals surface area contributed by atoms with E-state index in [4.69, 9.17) is 4.74 Å². The van der Waals surface area contributed by atoms with Crippen LogP contribution < -0.4 is 10.6 Å². The summed E-state index contributed by atoms with van der Waals surface area (Å²) < 4.78 is 5.41. The summed E-state index contributed by atoms with van der Waals surface area (Å²) in [7, 11) is 0. The van der Waals surface area contributed by atoms with Crippen LogP contribution in [0.15, 0.2) is 0 Å². The average Bonchev–Trinajstić information content (AvgIpc) is 3.22. The Kier molecular flexibility index (Phi) is 9.62. The molecule has 1 unspecified atom stereocenters. The molecular weight excluding hydrogens is 256 g/mol. The lowest BCUT2D eigenvalue weighted by Crippen LogP contribution is -2.34. The van der Waals surface area contributed by atoms with Crippen LogP contribution in [0.2, 0.25) is 0 Å². The van der Waals surface area contributed by atoms with Gasteiger partial charge in [-0.05, 0) is 19.3 Å². The van der Waals surface area contributed by atoms with Crippen LogP contribution in [0, 0.1) is 0 Å². The number of hydrogen-bond donors (Lipinski definition) is 3. The van der Waals surface area contributed by atoms with Gasteiger partial charge in [-0.25, -0.2) is 0 Å². The summed E-state index contributed by atoms with van der Waals surface area (Å²) in [6.45, 7) is 4.35. The largest absolute Gasteiger partial charge is 0.389 e. The zero-order valence-corrected chi connectivity index (χ0v) is 12.7. The van der Waals surface area contributed by atoms with Gasteiger partial charge in [0.2, 0.25) is 5.91 Å². The van der Waals surface area contributed by atoms with Crippen LogP contribution >= 0.6 is 0 Å². The molecular formula is C15H30N2O3. The molecule has 0 aliphatic heterocycles. The second-order valence-corrected chi connectivity index (χ2v) is 5.59. The van der Waals surface area contributed by atoms with E-state index in [1.807, 2.05) is 0 Å². The van der Waals surface area contributed by atoms with Crippen molar-refractivity contribution in [3.05, 3.63) is 0 Å². The van der Waals surface area contributed by atoms with Crippen molar-refractivity contribution in [1.82, 2.24) is 10.6 Å². The van der Waals surface area contributed by atoms with Crippen molar-refractivity contribution in [3.63, 3.8) is 0 Å². The first kappa shape index (κ1) is 17.4. The Balaban J connectivity index is 1.81. The Hall–Kier alpha value is -0.650. The highest BCUT2D eigenvalue weighted by atomic mass is 16.5. The zero-order chi connectivity index (χ0) is 14.6. The zero-order valence-electron chi connectivity index (χ0n) is 12.7. The molecule has 5 heteroatoms. The van der Waals surface area contributed by atoms with E-state index in [9.17, 15) is 9.90 Å². The van der Waals surface area contributed by atoms with Gasteiger partial charge >= 0.3 is 0 Å². The smallest absolute Gasteiger partial charge is 0.221 e. The number of nitrogens with one attached hydrogen (secondary N) is 2. The summed E-state index contributed by atoms with van der Waals surface area (Å²) in [5, 5.41) is 15.7. The normalized spacial score (nSPS) is 16.1. The highest BCUT2D eigenvalue weighted by Gasteiger charge is 2.22. The molecule has 1 aliphatic carbocycles. The monoisotopic (exact) mass is 286 g/mol. The number of carbonyl (C=O) groups is 1. The molecule has 0 spiro atoms. The standard InChI is InChI=1S/C15H30N2O3/c1-2-3-4-5-10-20-12-14(18)11-16-9-8-15(19)17-13-6-7-13/h13-14,16,18H,2-12H2,1H3,(H,17,19). The molecule has 0 bridgehead atoms. The first-order valence-electron chi connectivity index (χ1n) is 7.98. The molecule has 1 atom stereocenters. The van der Waals surface area contributed by atoms with Crippen molar-refractivity contribution in [2.45, 2.75) is 64.0 Å². The van der Waals surface area contributed by atoms with E-state index in [0.29, 0.717) is 32.2 Å². The quantitative estimate of drug-likeness (QED) is 0.445. The molecule has 0 aromatic heterocycles. The fraction of sp³-hybridized carbons (Fsp3) is 0.933. The van der Waals surface area contributed by atoms with E-state index in [2.05, 4.69) is 17.6 Å². The van der Waals surface area contributed by atoms with Crippen LogP contribution in [0.25, 0.3) is 0 Å². The van der Waals surface area contributed by atoms with Crippen molar-refractivity contribution in [3.8, 4) is 0 Å². The van der Waals surface area contributed by atoms with Gasteiger partial charge in [-0.15, -0.1) is 0 Å². The Labute approximate surface area is 122 Å². The molecule has 118 valence electrons. The number of rotatable bonds is 13. The molecule has 3 N–H and O–H groups in total. The predicted molar refractivity (Wildman–Crippen MR) is 79.6 cm³/mol. The maximum absolute atomic E-state index is 11.4. The number of hydrogen-bond acceptors (Lipinski definition) is 4. The number of aliphatic hydroxyl groups excluding tert-OH is 1. The predicted octanol–water partition coefficient (Wildman–Crippen LogP) is 1.20. The topological polar surface area (TPSA) is 70.6 Å². The van der Waals surface area contributed by atoms with Gasteiger partial charge in [0, 0.05) is 32.2 Å². The molecule has 0 heterocycles.